The molecular formula is C10H20N2O. The second kappa shape index (κ2) is 5.02. The third-order valence-corrected chi connectivity index (χ3v) is 1.54. The summed E-state index contributed by atoms with van der Waals surface area (Å²) in [5, 5.41) is 2.85. The lowest BCUT2D eigenvalue weighted by atomic mass is 10.0. The molecule has 76 valence electrons. The van der Waals surface area contributed by atoms with Crippen molar-refractivity contribution in [3.63, 3.8) is 0 Å². The van der Waals surface area contributed by atoms with Gasteiger partial charge in [-0.2, -0.15) is 0 Å². The Morgan fingerprint density at radius 3 is 2.62 bits per heavy atom. The fourth-order valence-corrected chi connectivity index (χ4v) is 1.05. The Labute approximate surface area is 80.4 Å². The van der Waals surface area contributed by atoms with Crippen LogP contribution in [0.1, 0.15) is 33.6 Å². The largest absolute Gasteiger partial charge is 0.353 e. The van der Waals surface area contributed by atoms with Gasteiger partial charge in [0, 0.05) is 18.0 Å². The van der Waals surface area contributed by atoms with Gasteiger partial charge in [-0.25, -0.2) is 0 Å². The van der Waals surface area contributed by atoms with Gasteiger partial charge in [0.05, 0.1) is 0 Å². The highest BCUT2D eigenvalue weighted by atomic mass is 16.1. The van der Waals surface area contributed by atoms with Crippen molar-refractivity contribution in [2.75, 3.05) is 0 Å². The van der Waals surface area contributed by atoms with Gasteiger partial charge >= 0.3 is 0 Å². The average molecular weight is 184 g/mol. The molecule has 3 heteroatoms. The van der Waals surface area contributed by atoms with Crippen molar-refractivity contribution in [2.45, 2.75) is 45.2 Å². The highest BCUT2D eigenvalue weighted by Crippen LogP contribution is 2.03. The fourth-order valence-electron chi connectivity index (χ4n) is 1.05. The molecule has 0 bridgehead atoms. The number of hydrogen-bond donors (Lipinski definition) is 2. The molecule has 13 heavy (non-hydrogen) atoms. The minimum atomic E-state index is -0.433. The van der Waals surface area contributed by atoms with E-state index in [4.69, 9.17) is 5.73 Å². The fraction of sp³-hybridized carbons (Fsp3) is 0.700. The quantitative estimate of drug-likeness (QED) is 0.631. The van der Waals surface area contributed by atoms with Crippen molar-refractivity contribution in [2.24, 2.45) is 5.73 Å². The van der Waals surface area contributed by atoms with Gasteiger partial charge < -0.3 is 11.1 Å². The molecule has 0 saturated carbocycles. The number of carbonyl (C=O) groups excluding carboxylic acids is 1. The minimum absolute atomic E-state index is 0.00171. The Morgan fingerprint density at radius 2 is 2.23 bits per heavy atom. The summed E-state index contributed by atoms with van der Waals surface area (Å²) in [5.74, 6) is 0.00171. The maximum atomic E-state index is 11.3. The van der Waals surface area contributed by atoms with Crippen LogP contribution >= 0.6 is 0 Å². The minimum Gasteiger partial charge on any atom is -0.353 e. The van der Waals surface area contributed by atoms with E-state index in [1.54, 1.807) is 6.08 Å². The summed E-state index contributed by atoms with van der Waals surface area (Å²) >= 11 is 0. The Balaban J connectivity index is 3.81. The van der Waals surface area contributed by atoms with Crippen LogP contribution in [0.5, 0.6) is 0 Å². The van der Waals surface area contributed by atoms with Crippen molar-refractivity contribution in [1.82, 2.24) is 5.32 Å². The molecule has 3 nitrogen and oxygen atoms in total. The van der Waals surface area contributed by atoms with E-state index < -0.39 is 5.54 Å². The zero-order valence-corrected chi connectivity index (χ0v) is 8.76. The molecule has 1 amide bonds. The number of carbonyl (C=O) groups is 1. The molecule has 1 atom stereocenters. The highest BCUT2D eigenvalue weighted by Gasteiger charge is 2.16. The first-order valence-electron chi connectivity index (χ1n) is 4.54. The molecule has 0 aromatic heterocycles. The molecule has 0 radical (unpaired) electrons. The summed E-state index contributed by atoms with van der Waals surface area (Å²) in [4.78, 5) is 11.3. The van der Waals surface area contributed by atoms with E-state index in [1.807, 2.05) is 20.8 Å². The van der Waals surface area contributed by atoms with Gasteiger partial charge in [0.1, 0.15) is 0 Å². The van der Waals surface area contributed by atoms with Gasteiger partial charge in [-0.3, -0.25) is 4.79 Å². The smallest absolute Gasteiger partial charge is 0.222 e. The SMILES string of the molecule is C=CCC(C)NC(=O)CC(C)(C)N. The van der Waals surface area contributed by atoms with Crippen molar-refractivity contribution in [1.29, 1.82) is 0 Å². The number of hydrogen-bond acceptors (Lipinski definition) is 2. The van der Waals surface area contributed by atoms with E-state index in [-0.39, 0.29) is 11.9 Å². The molecule has 0 aromatic carbocycles. The lowest BCUT2D eigenvalue weighted by molar-refractivity contribution is -0.122. The number of nitrogens with two attached hydrogens (primary N) is 1. The third kappa shape index (κ3) is 7.53. The monoisotopic (exact) mass is 184 g/mol. The first-order valence-corrected chi connectivity index (χ1v) is 4.54. The first kappa shape index (κ1) is 12.2. The molecule has 0 aliphatic heterocycles. The summed E-state index contributed by atoms with van der Waals surface area (Å²) in [7, 11) is 0. The van der Waals surface area contributed by atoms with Crippen molar-refractivity contribution in [3.05, 3.63) is 12.7 Å². The second-order valence-electron chi connectivity index (χ2n) is 4.16. The number of nitrogens with one attached hydrogen (secondary N) is 1. The van der Waals surface area contributed by atoms with E-state index in [0.29, 0.717) is 6.42 Å². The van der Waals surface area contributed by atoms with Gasteiger partial charge in [0.15, 0.2) is 0 Å². The second-order valence-corrected chi connectivity index (χ2v) is 4.16. The molecule has 0 aromatic rings. The van der Waals surface area contributed by atoms with Gasteiger partial charge in [-0.1, -0.05) is 6.08 Å². The molecule has 0 aliphatic rings. The predicted molar refractivity (Wildman–Crippen MR) is 55.3 cm³/mol. The maximum absolute atomic E-state index is 11.3. The molecule has 0 spiro atoms. The Hall–Kier alpha value is -0.830. The Kier molecular flexibility index (Phi) is 4.70. The Bertz CT molecular complexity index is 182. The highest BCUT2D eigenvalue weighted by molar-refractivity contribution is 5.77. The van der Waals surface area contributed by atoms with E-state index in [9.17, 15) is 4.79 Å². The molecule has 1 unspecified atom stereocenters. The molecule has 0 fully saturated rings. The summed E-state index contributed by atoms with van der Waals surface area (Å²) in [6.07, 6.45) is 2.93. The van der Waals surface area contributed by atoms with Crippen LogP contribution in [0.25, 0.3) is 0 Å². The van der Waals surface area contributed by atoms with Crippen LogP contribution in [0.15, 0.2) is 12.7 Å². The maximum Gasteiger partial charge on any atom is 0.222 e. The van der Waals surface area contributed by atoms with Crippen LogP contribution in [0.3, 0.4) is 0 Å². The van der Waals surface area contributed by atoms with Gasteiger partial charge in [-0.15, -0.1) is 6.58 Å². The van der Waals surface area contributed by atoms with Crippen molar-refractivity contribution in [3.8, 4) is 0 Å². The average Bonchev–Trinajstić information content (AvgIpc) is 1.81. The van der Waals surface area contributed by atoms with Gasteiger partial charge in [0.25, 0.3) is 0 Å². The summed E-state index contributed by atoms with van der Waals surface area (Å²) in [6.45, 7) is 9.23. The van der Waals surface area contributed by atoms with E-state index in [1.165, 1.54) is 0 Å². The zero-order chi connectivity index (χ0) is 10.5. The van der Waals surface area contributed by atoms with Crippen LogP contribution in [0, 0.1) is 0 Å². The van der Waals surface area contributed by atoms with E-state index in [2.05, 4.69) is 11.9 Å². The van der Waals surface area contributed by atoms with E-state index >= 15 is 0 Å². The molecule has 0 rings (SSSR count). The van der Waals surface area contributed by atoms with Crippen LogP contribution in [0.2, 0.25) is 0 Å². The van der Waals surface area contributed by atoms with Crippen LogP contribution in [0.4, 0.5) is 0 Å². The molecule has 3 N–H and O–H groups in total. The lowest BCUT2D eigenvalue weighted by Crippen LogP contribution is -2.41. The normalized spacial score (nSPS) is 13.5. The molecule has 0 heterocycles. The van der Waals surface area contributed by atoms with Crippen molar-refractivity contribution >= 4 is 5.91 Å². The Morgan fingerprint density at radius 1 is 1.69 bits per heavy atom. The summed E-state index contributed by atoms with van der Waals surface area (Å²) in [6, 6.07) is 0.146. The zero-order valence-electron chi connectivity index (χ0n) is 8.76. The predicted octanol–water partition coefficient (Wildman–Crippen LogP) is 1.19. The summed E-state index contributed by atoms with van der Waals surface area (Å²) < 4.78 is 0. The van der Waals surface area contributed by atoms with Crippen LogP contribution < -0.4 is 11.1 Å². The summed E-state index contributed by atoms with van der Waals surface area (Å²) in [5.41, 5.74) is 5.27. The molecule has 0 saturated heterocycles. The standard InChI is InChI=1S/C10H20N2O/c1-5-6-8(2)12-9(13)7-10(3,4)11/h5,8H,1,6-7,11H2,2-4H3,(H,12,13). The number of amides is 1. The van der Waals surface area contributed by atoms with E-state index in [0.717, 1.165) is 6.42 Å². The third-order valence-electron chi connectivity index (χ3n) is 1.54. The number of rotatable bonds is 5. The molecular weight excluding hydrogens is 164 g/mol. The van der Waals surface area contributed by atoms with Gasteiger partial charge in [0.2, 0.25) is 5.91 Å². The van der Waals surface area contributed by atoms with Gasteiger partial charge in [-0.05, 0) is 27.2 Å². The lowest BCUT2D eigenvalue weighted by Gasteiger charge is -2.19. The first-order chi connectivity index (χ1) is 5.85. The van der Waals surface area contributed by atoms with Crippen LogP contribution in [-0.4, -0.2) is 17.5 Å². The topological polar surface area (TPSA) is 55.1 Å². The molecule has 0 aliphatic carbocycles. The van der Waals surface area contributed by atoms with Crippen molar-refractivity contribution < 1.29 is 4.79 Å². The van der Waals surface area contributed by atoms with Crippen LogP contribution in [-0.2, 0) is 4.79 Å².